The molecule has 4 nitrogen and oxygen atoms in total. The number of para-hydroxylation sites is 4. The molecule has 4 heteroatoms. The average molecular weight is 817 g/mol. The number of nitrogens with zero attached hydrogens (tertiary/aromatic N) is 2. The third-order valence-electron chi connectivity index (χ3n) is 13.4. The summed E-state index contributed by atoms with van der Waals surface area (Å²) in [6.07, 6.45) is 0. The van der Waals surface area contributed by atoms with E-state index < -0.39 is 0 Å². The molecule has 0 fully saturated rings. The predicted molar refractivity (Wildman–Crippen MR) is 266 cm³/mol. The minimum atomic E-state index is 0.905. The summed E-state index contributed by atoms with van der Waals surface area (Å²) in [7, 11) is 0. The predicted octanol–water partition coefficient (Wildman–Crippen LogP) is 16.7. The second-order valence-corrected chi connectivity index (χ2v) is 16.8. The first-order valence-corrected chi connectivity index (χ1v) is 21.8. The highest BCUT2D eigenvalue weighted by Crippen LogP contribution is 2.42. The average Bonchev–Trinajstić information content (AvgIpc) is 4.11. The molecule has 4 aromatic heterocycles. The van der Waals surface area contributed by atoms with Crippen molar-refractivity contribution in [1.29, 1.82) is 0 Å². The summed E-state index contributed by atoms with van der Waals surface area (Å²) in [5, 5.41) is 9.50. The third-order valence-corrected chi connectivity index (χ3v) is 13.4. The maximum atomic E-state index is 6.25. The highest BCUT2D eigenvalue weighted by atomic mass is 16.3. The Morgan fingerprint density at radius 2 is 0.672 bits per heavy atom. The van der Waals surface area contributed by atoms with Crippen molar-refractivity contribution in [3.05, 3.63) is 218 Å². The normalized spacial score (nSPS) is 12.1. The standard InChI is InChI=1S/C60H36N2O2/c1-5-15-52-45(10-1)46-31-26-41(34-55(46)62(52)43-29-22-38(23-30-43)40-25-33-50-48-12-4-8-19-57(48)64-59(50)36-40)44-14-9-17-54-60(44)51-13-2-6-16-53(51)61(54)42-27-20-37(21-28-42)39-24-32-49-47-11-3-7-18-56(47)63-58(49)35-39/h1-36H. The van der Waals surface area contributed by atoms with E-state index in [4.69, 9.17) is 8.83 Å². The molecule has 0 bridgehead atoms. The van der Waals surface area contributed by atoms with Crippen LogP contribution < -0.4 is 0 Å². The van der Waals surface area contributed by atoms with Gasteiger partial charge in [0, 0.05) is 54.5 Å². The molecule has 0 aliphatic heterocycles. The first-order valence-electron chi connectivity index (χ1n) is 21.8. The van der Waals surface area contributed by atoms with Gasteiger partial charge >= 0.3 is 0 Å². The second-order valence-electron chi connectivity index (χ2n) is 16.8. The van der Waals surface area contributed by atoms with Crippen LogP contribution in [-0.4, -0.2) is 9.13 Å². The van der Waals surface area contributed by atoms with E-state index in [-0.39, 0.29) is 0 Å². The molecule has 0 atom stereocenters. The molecule has 0 saturated carbocycles. The van der Waals surface area contributed by atoms with Crippen molar-refractivity contribution in [3.63, 3.8) is 0 Å². The van der Waals surface area contributed by atoms with Crippen LogP contribution in [0.5, 0.6) is 0 Å². The molecule has 0 amide bonds. The van der Waals surface area contributed by atoms with Gasteiger partial charge in [0.15, 0.2) is 0 Å². The Hall–Kier alpha value is -8.60. The Kier molecular flexibility index (Phi) is 7.36. The molecule has 0 saturated heterocycles. The Morgan fingerprint density at radius 1 is 0.250 bits per heavy atom. The summed E-state index contributed by atoms with van der Waals surface area (Å²) in [5.41, 5.74) is 17.5. The molecule has 0 radical (unpaired) electrons. The van der Waals surface area contributed by atoms with Crippen molar-refractivity contribution in [2.24, 2.45) is 0 Å². The molecule has 4 heterocycles. The number of rotatable bonds is 5. The van der Waals surface area contributed by atoms with Crippen LogP contribution in [0.4, 0.5) is 0 Å². The number of aromatic nitrogens is 2. The summed E-state index contributed by atoms with van der Waals surface area (Å²) in [4.78, 5) is 0. The van der Waals surface area contributed by atoms with E-state index in [0.29, 0.717) is 0 Å². The summed E-state index contributed by atoms with van der Waals surface area (Å²) in [6, 6.07) is 78.7. The Morgan fingerprint density at radius 3 is 1.28 bits per heavy atom. The fourth-order valence-corrected chi connectivity index (χ4v) is 10.4. The Bertz CT molecular complexity index is 4180. The molecule has 298 valence electrons. The minimum Gasteiger partial charge on any atom is -0.456 e. The van der Waals surface area contributed by atoms with Crippen molar-refractivity contribution < 1.29 is 8.83 Å². The topological polar surface area (TPSA) is 36.1 Å². The summed E-state index contributed by atoms with van der Waals surface area (Å²) in [6.45, 7) is 0. The fraction of sp³-hybridized carbons (Fsp3) is 0. The molecule has 0 unspecified atom stereocenters. The van der Waals surface area contributed by atoms with Gasteiger partial charge in [0.2, 0.25) is 0 Å². The summed E-state index contributed by atoms with van der Waals surface area (Å²) < 4.78 is 17.3. The van der Waals surface area contributed by atoms with Gasteiger partial charge in [-0.05, 0) is 118 Å². The van der Waals surface area contributed by atoms with Gasteiger partial charge in [-0.2, -0.15) is 0 Å². The second kappa shape index (κ2) is 13.4. The molecule has 14 rings (SSSR count). The van der Waals surface area contributed by atoms with Crippen LogP contribution in [0.3, 0.4) is 0 Å². The van der Waals surface area contributed by atoms with Gasteiger partial charge < -0.3 is 18.0 Å². The lowest BCUT2D eigenvalue weighted by Gasteiger charge is -2.12. The molecular formula is C60H36N2O2. The van der Waals surface area contributed by atoms with Gasteiger partial charge in [-0.25, -0.2) is 0 Å². The van der Waals surface area contributed by atoms with Gasteiger partial charge in [0.05, 0.1) is 22.1 Å². The van der Waals surface area contributed by atoms with E-state index in [1.165, 1.54) is 54.7 Å². The molecular weight excluding hydrogens is 781 g/mol. The highest BCUT2D eigenvalue weighted by Gasteiger charge is 2.19. The van der Waals surface area contributed by atoms with Gasteiger partial charge in [0.25, 0.3) is 0 Å². The number of benzene rings is 10. The number of hydrogen-bond acceptors (Lipinski definition) is 2. The van der Waals surface area contributed by atoms with Crippen LogP contribution >= 0.6 is 0 Å². The zero-order valence-electron chi connectivity index (χ0n) is 34.5. The lowest BCUT2D eigenvalue weighted by molar-refractivity contribution is 0.668. The van der Waals surface area contributed by atoms with E-state index in [2.05, 4.69) is 203 Å². The number of hydrogen-bond donors (Lipinski definition) is 0. The van der Waals surface area contributed by atoms with Crippen molar-refractivity contribution in [2.45, 2.75) is 0 Å². The SMILES string of the molecule is c1ccc2c(c1)oc1cc(-c3ccc(-n4c5ccccc5c5ccc(-c6cccc7c6c6ccccc6n7-c6ccc(-c7ccc8c(c7)oc7ccccc78)cc6)cc54)cc3)ccc12. The van der Waals surface area contributed by atoms with E-state index >= 15 is 0 Å². The zero-order valence-corrected chi connectivity index (χ0v) is 34.5. The van der Waals surface area contributed by atoms with Crippen molar-refractivity contribution in [3.8, 4) is 44.8 Å². The van der Waals surface area contributed by atoms with Crippen LogP contribution in [0.15, 0.2) is 227 Å². The minimum absolute atomic E-state index is 0.905. The number of furan rings is 2. The summed E-state index contributed by atoms with van der Waals surface area (Å²) in [5.74, 6) is 0. The molecule has 0 aliphatic carbocycles. The maximum Gasteiger partial charge on any atom is 0.136 e. The van der Waals surface area contributed by atoms with E-state index in [9.17, 15) is 0 Å². The maximum absolute atomic E-state index is 6.25. The van der Waals surface area contributed by atoms with Gasteiger partial charge in [-0.15, -0.1) is 0 Å². The molecule has 10 aromatic carbocycles. The first-order chi connectivity index (χ1) is 31.7. The van der Waals surface area contributed by atoms with Gasteiger partial charge in [-0.3, -0.25) is 0 Å². The Balaban J connectivity index is 0.871. The highest BCUT2D eigenvalue weighted by molar-refractivity contribution is 6.17. The van der Waals surface area contributed by atoms with E-state index in [0.717, 1.165) is 77.5 Å². The van der Waals surface area contributed by atoms with E-state index in [1.54, 1.807) is 0 Å². The lowest BCUT2D eigenvalue weighted by Crippen LogP contribution is -1.94. The largest absolute Gasteiger partial charge is 0.456 e. The van der Waals surface area contributed by atoms with Crippen LogP contribution in [0.2, 0.25) is 0 Å². The van der Waals surface area contributed by atoms with E-state index in [1.807, 2.05) is 24.3 Å². The zero-order chi connectivity index (χ0) is 41.9. The third kappa shape index (κ3) is 5.17. The summed E-state index contributed by atoms with van der Waals surface area (Å²) >= 11 is 0. The molecule has 0 N–H and O–H groups in total. The van der Waals surface area contributed by atoms with Gasteiger partial charge in [0.1, 0.15) is 22.3 Å². The van der Waals surface area contributed by atoms with Crippen LogP contribution in [0.25, 0.3) is 132 Å². The van der Waals surface area contributed by atoms with Crippen molar-refractivity contribution in [2.75, 3.05) is 0 Å². The first kappa shape index (κ1) is 35.0. The van der Waals surface area contributed by atoms with Crippen LogP contribution in [0, 0.1) is 0 Å². The molecule has 0 spiro atoms. The molecule has 64 heavy (non-hydrogen) atoms. The van der Waals surface area contributed by atoms with Crippen molar-refractivity contribution in [1.82, 2.24) is 9.13 Å². The van der Waals surface area contributed by atoms with Crippen molar-refractivity contribution >= 4 is 87.5 Å². The Labute approximate surface area is 367 Å². The monoisotopic (exact) mass is 816 g/mol. The van der Waals surface area contributed by atoms with Gasteiger partial charge in [-0.1, -0.05) is 133 Å². The smallest absolute Gasteiger partial charge is 0.136 e. The lowest BCUT2D eigenvalue weighted by atomic mass is 9.98. The molecule has 0 aliphatic rings. The fourth-order valence-electron chi connectivity index (χ4n) is 10.4. The quantitative estimate of drug-likeness (QED) is 0.173. The molecule has 14 aromatic rings. The van der Waals surface area contributed by atoms with Crippen LogP contribution in [-0.2, 0) is 0 Å². The van der Waals surface area contributed by atoms with Crippen LogP contribution in [0.1, 0.15) is 0 Å². The number of fused-ring (bicyclic) bond motifs is 12.